The molecule has 164 valence electrons. The molecule has 0 aliphatic rings. The van der Waals surface area contributed by atoms with Crippen LogP contribution in [0.4, 0.5) is 5.69 Å². The van der Waals surface area contributed by atoms with Crippen molar-refractivity contribution in [2.75, 3.05) is 19.0 Å². The summed E-state index contributed by atoms with van der Waals surface area (Å²) in [6.45, 7) is 3.46. The minimum absolute atomic E-state index is 0.616. The number of aromatic amines is 1. The van der Waals surface area contributed by atoms with E-state index in [0.717, 1.165) is 41.3 Å². The molecule has 0 amide bonds. The molecule has 2 aromatic carbocycles. The average Bonchev–Trinajstić information content (AvgIpc) is 3.12. The molecule has 0 atom stereocenters. The van der Waals surface area contributed by atoms with Crippen molar-refractivity contribution in [3.05, 3.63) is 88.8 Å². The molecular weight excluding hydrogens is 440 g/mol. The number of hydrogen-bond donors (Lipinski definition) is 2. The average molecular weight is 465 g/mol. The van der Waals surface area contributed by atoms with E-state index in [1.54, 1.807) is 13.3 Å². The van der Waals surface area contributed by atoms with Gasteiger partial charge in [0.2, 0.25) is 0 Å². The predicted octanol–water partition coefficient (Wildman–Crippen LogP) is 5.98. The Kier molecular flexibility index (Phi) is 6.93. The molecule has 7 heteroatoms. The number of rotatable bonds is 7. The van der Waals surface area contributed by atoms with Gasteiger partial charge in [-0.05, 0) is 85.7 Å². The molecule has 0 unspecified atom stereocenters. The lowest BCUT2D eigenvalue weighted by Gasteiger charge is -2.26. The maximum absolute atomic E-state index is 6.02. The number of aryl methyl sites for hydroxylation is 1. The van der Waals surface area contributed by atoms with Gasteiger partial charge in [0.25, 0.3) is 0 Å². The highest BCUT2D eigenvalue weighted by atomic mass is 35.5. The molecule has 4 aromatic rings. The number of fused-ring (bicyclic) bond motifs is 1. The van der Waals surface area contributed by atoms with Crippen molar-refractivity contribution < 1.29 is 4.74 Å². The first-order valence-electron chi connectivity index (χ1n) is 10.4. The standard InChI is InChI=1S/C25H25ClN4OS/c1-17-22(23-15-21(31-2)10-11-24(23)28-17)12-14-30(16-20-5-3-4-13-27-20)25(32)29-19-8-6-18(26)7-9-19/h3-11,13,15,28H,12,14,16H2,1-2H3,(H,29,32). The smallest absolute Gasteiger partial charge is 0.173 e. The second-order valence-corrected chi connectivity index (χ2v) is 8.39. The lowest BCUT2D eigenvalue weighted by molar-refractivity contribution is 0.415. The number of ether oxygens (including phenoxy) is 1. The third kappa shape index (κ3) is 5.21. The van der Waals surface area contributed by atoms with Crippen molar-refractivity contribution in [1.82, 2.24) is 14.9 Å². The van der Waals surface area contributed by atoms with Crippen LogP contribution in [0.25, 0.3) is 10.9 Å². The minimum atomic E-state index is 0.616. The zero-order valence-corrected chi connectivity index (χ0v) is 19.6. The molecule has 0 aliphatic carbocycles. The van der Waals surface area contributed by atoms with Crippen LogP contribution in [-0.4, -0.2) is 33.6 Å². The van der Waals surface area contributed by atoms with Crippen LogP contribution in [-0.2, 0) is 13.0 Å². The van der Waals surface area contributed by atoms with Crippen LogP contribution < -0.4 is 10.1 Å². The number of aromatic nitrogens is 2. The lowest BCUT2D eigenvalue weighted by atomic mass is 10.1. The Morgan fingerprint density at radius 2 is 1.97 bits per heavy atom. The van der Waals surface area contributed by atoms with Crippen molar-refractivity contribution >= 4 is 45.5 Å². The number of H-pyrrole nitrogens is 1. The third-order valence-corrected chi connectivity index (χ3v) is 6.03. The van der Waals surface area contributed by atoms with Crippen LogP contribution in [0.1, 0.15) is 17.0 Å². The van der Waals surface area contributed by atoms with E-state index in [4.69, 9.17) is 28.6 Å². The maximum Gasteiger partial charge on any atom is 0.173 e. The van der Waals surface area contributed by atoms with Crippen LogP contribution in [0, 0.1) is 6.92 Å². The second kappa shape index (κ2) is 10.0. The Morgan fingerprint density at radius 1 is 1.16 bits per heavy atom. The molecule has 32 heavy (non-hydrogen) atoms. The van der Waals surface area contributed by atoms with E-state index in [-0.39, 0.29) is 0 Å². The van der Waals surface area contributed by atoms with E-state index in [0.29, 0.717) is 16.7 Å². The minimum Gasteiger partial charge on any atom is -0.497 e. The zero-order chi connectivity index (χ0) is 22.5. The molecule has 0 spiro atoms. The summed E-state index contributed by atoms with van der Waals surface area (Å²) in [5, 5.41) is 5.85. The van der Waals surface area contributed by atoms with Crippen molar-refractivity contribution in [2.24, 2.45) is 0 Å². The molecule has 0 radical (unpaired) electrons. The van der Waals surface area contributed by atoms with Crippen molar-refractivity contribution in [3.8, 4) is 5.75 Å². The largest absolute Gasteiger partial charge is 0.497 e. The van der Waals surface area contributed by atoms with Crippen molar-refractivity contribution in [3.63, 3.8) is 0 Å². The van der Waals surface area contributed by atoms with E-state index >= 15 is 0 Å². The molecule has 2 heterocycles. The first kappa shape index (κ1) is 22.1. The van der Waals surface area contributed by atoms with E-state index in [1.165, 1.54) is 10.9 Å². The summed E-state index contributed by atoms with van der Waals surface area (Å²) in [7, 11) is 1.69. The van der Waals surface area contributed by atoms with E-state index < -0.39 is 0 Å². The van der Waals surface area contributed by atoms with Gasteiger partial charge in [-0.1, -0.05) is 17.7 Å². The fourth-order valence-electron chi connectivity index (χ4n) is 3.73. The van der Waals surface area contributed by atoms with Gasteiger partial charge in [-0.2, -0.15) is 0 Å². The number of thiocarbonyl (C=S) groups is 1. The summed E-state index contributed by atoms with van der Waals surface area (Å²) in [5.74, 6) is 0.850. The molecule has 0 saturated heterocycles. The zero-order valence-electron chi connectivity index (χ0n) is 18.1. The number of anilines is 1. The summed E-state index contributed by atoms with van der Waals surface area (Å²) in [4.78, 5) is 10.1. The Balaban J connectivity index is 1.56. The fraction of sp³-hybridized carbons (Fsp3) is 0.200. The van der Waals surface area contributed by atoms with Crippen LogP contribution in [0.5, 0.6) is 5.75 Å². The SMILES string of the molecule is COc1ccc2[nH]c(C)c(CCN(Cc3ccccn3)C(=S)Nc3ccc(Cl)cc3)c2c1. The molecular formula is C25H25ClN4OS. The first-order chi connectivity index (χ1) is 15.5. The normalized spacial score (nSPS) is 10.8. The highest BCUT2D eigenvalue weighted by molar-refractivity contribution is 7.80. The van der Waals surface area contributed by atoms with Gasteiger partial charge in [-0.3, -0.25) is 4.98 Å². The van der Waals surface area contributed by atoms with Gasteiger partial charge in [0.05, 0.1) is 19.3 Å². The van der Waals surface area contributed by atoms with Crippen LogP contribution in [0.15, 0.2) is 66.9 Å². The highest BCUT2D eigenvalue weighted by Crippen LogP contribution is 2.27. The molecule has 0 saturated carbocycles. The summed E-state index contributed by atoms with van der Waals surface area (Å²) >= 11 is 11.8. The number of nitrogens with zero attached hydrogens (tertiary/aromatic N) is 2. The number of nitrogens with one attached hydrogen (secondary N) is 2. The van der Waals surface area contributed by atoms with E-state index in [9.17, 15) is 0 Å². The van der Waals surface area contributed by atoms with Crippen LogP contribution in [0.3, 0.4) is 0 Å². The number of benzene rings is 2. The molecule has 0 bridgehead atoms. The van der Waals surface area contributed by atoms with Gasteiger partial charge in [0.1, 0.15) is 5.75 Å². The monoisotopic (exact) mass is 464 g/mol. The molecule has 0 aliphatic heterocycles. The Labute approximate surface area is 198 Å². The summed E-state index contributed by atoms with van der Waals surface area (Å²) in [6.07, 6.45) is 2.63. The highest BCUT2D eigenvalue weighted by Gasteiger charge is 2.15. The quantitative estimate of drug-likeness (QED) is 0.330. The third-order valence-electron chi connectivity index (χ3n) is 5.42. The summed E-state index contributed by atoms with van der Waals surface area (Å²) < 4.78 is 5.43. The van der Waals surface area contributed by atoms with Gasteiger partial charge in [0, 0.05) is 40.0 Å². The number of halogens is 1. The topological polar surface area (TPSA) is 53.2 Å². The summed E-state index contributed by atoms with van der Waals surface area (Å²) in [5.41, 5.74) is 5.39. The number of pyridine rings is 1. The van der Waals surface area contributed by atoms with Crippen LogP contribution in [0.2, 0.25) is 5.02 Å². The molecule has 0 fully saturated rings. The van der Waals surface area contributed by atoms with Gasteiger partial charge < -0.3 is 19.9 Å². The maximum atomic E-state index is 6.02. The second-order valence-electron chi connectivity index (χ2n) is 7.57. The van der Waals surface area contributed by atoms with Crippen LogP contribution >= 0.6 is 23.8 Å². The Hall–Kier alpha value is -3.09. The number of hydrogen-bond acceptors (Lipinski definition) is 3. The first-order valence-corrected chi connectivity index (χ1v) is 11.2. The molecule has 4 rings (SSSR count). The van der Waals surface area contributed by atoms with Gasteiger partial charge in [-0.15, -0.1) is 0 Å². The van der Waals surface area contributed by atoms with Gasteiger partial charge >= 0.3 is 0 Å². The predicted molar refractivity (Wildman–Crippen MR) is 136 cm³/mol. The van der Waals surface area contributed by atoms with Crippen molar-refractivity contribution in [1.29, 1.82) is 0 Å². The van der Waals surface area contributed by atoms with E-state index in [1.807, 2.05) is 48.5 Å². The number of methoxy groups -OCH3 is 1. The fourth-order valence-corrected chi connectivity index (χ4v) is 4.13. The van der Waals surface area contributed by atoms with Gasteiger partial charge in [-0.25, -0.2) is 0 Å². The Bertz CT molecular complexity index is 1210. The molecule has 2 N–H and O–H groups in total. The van der Waals surface area contributed by atoms with Crippen molar-refractivity contribution in [2.45, 2.75) is 19.9 Å². The lowest BCUT2D eigenvalue weighted by Crippen LogP contribution is -2.36. The van der Waals surface area contributed by atoms with E-state index in [2.05, 4.69) is 39.2 Å². The summed E-state index contributed by atoms with van der Waals surface area (Å²) in [6, 6.07) is 19.6. The Morgan fingerprint density at radius 3 is 2.69 bits per heavy atom. The molecule has 5 nitrogen and oxygen atoms in total. The van der Waals surface area contributed by atoms with Gasteiger partial charge in [0.15, 0.2) is 5.11 Å². The molecule has 2 aromatic heterocycles.